The Hall–Kier alpha value is -2.44. The molecule has 1 atom stereocenters. The van der Waals surface area contributed by atoms with Gasteiger partial charge in [-0.25, -0.2) is 4.39 Å². The highest BCUT2D eigenvalue weighted by molar-refractivity contribution is 6.30. The number of carbonyl (C=O) groups is 1. The summed E-state index contributed by atoms with van der Waals surface area (Å²) in [6.07, 6.45) is -3.19. The summed E-state index contributed by atoms with van der Waals surface area (Å²) in [5, 5.41) is 11.0. The van der Waals surface area contributed by atoms with Crippen LogP contribution in [0.5, 0.6) is 5.75 Å². The van der Waals surface area contributed by atoms with E-state index in [1.165, 1.54) is 17.0 Å². The molecule has 2 bridgehead atoms. The summed E-state index contributed by atoms with van der Waals surface area (Å²) in [6.45, 7) is -0.945. The highest BCUT2D eigenvalue weighted by atomic mass is 35.5. The molecule has 3 aliphatic carbocycles. The number of alkyl halides is 3. The van der Waals surface area contributed by atoms with Crippen LogP contribution in [0.1, 0.15) is 37.1 Å². The Morgan fingerprint density at radius 1 is 1.29 bits per heavy atom. The molecule has 34 heavy (non-hydrogen) atoms. The van der Waals surface area contributed by atoms with Crippen LogP contribution in [0.2, 0.25) is 5.02 Å². The summed E-state index contributed by atoms with van der Waals surface area (Å²) < 4.78 is 68.2. The predicted molar refractivity (Wildman–Crippen MR) is 109 cm³/mol. The molecule has 13 heteroatoms. The van der Waals surface area contributed by atoms with E-state index >= 15 is 0 Å². The minimum absolute atomic E-state index is 0.0195. The molecular formula is C21H21ClF4N4O4. The lowest BCUT2D eigenvalue weighted by Gasteiger charge is -2.68. The second kappa shape index (κ2) is 8.35. The van der Waals surface area contributed by atoms with E-state index in [4.69, 9.17) is 25.5 Å². The van der Waals surface area contributed by atoms with Crippen molar-refractivity contribution in [3.63, 3.8) is 0 Å². The van der Waals surface area contributed by atoms with Crippen molar-refractivity contribution in [2.24, 2.45) is 0 Å². The van der Waals surface area contributed by atoms with Crippen molar-refractivity contribution < 1.29 is 36.2 Å². The molecule has 1 saturated heterocycles. The number of halogens is 5. The van der Waals surface area contributed by atoms with Gasteiger partial charge in [0, 0.05) is 24.7 Å². The first-order valence-corrected chi connectivity index (χ1v) is 11.1. The SMILES string of the molecule is O=C(COc1ccc(Cl)c(F)c1)NC12CC(c3nnc([C@H]4CN(CC(F)(F)F)CCO4)o3)(C1)C2. The zero-order valence-electron chi connectivity index (χ0n) is 17.8. The molecule has 2 heterocycles. The highest BCUT2D eigenvalue weighted by Gasteiger charge is 2.71. The van der Waals surface area contributed by atoms with Gasteiger partial charge < -0.3 is 19.2 Å². The van der Waals surface area contributed by atoms with Gasteiger partial charge in [-0.05, 0) is 31.4 Å². The Balaban J connectivity index is 1.12. The van der Waals surface area contributed by atoms with Crippen molar-refractivity contribution in [3.8, 4) is 5.75 Å². The fourth-order valence-electron chi connectivity index (χ4n) is 5.02. The number of nitrogens with one attached hydrogen (secondary N) is 1. The van der Waals surface area contributed by atoms with Crippen LogP contribution in [0.3, 0.4) is 0 Å². The van der Waals surface area contributed by atoms with E-state index in [9.17, 15) is 22.4 Å². The lowest BCUT2D eigenvalue weighted by molar-refractivity contribution is -0.161. The Kier molecular flexibility index (Phi) is 5.72. The fraction of sp³-hybridized carbons (Fsp3) is 0.571. The summed E-state index contributed by atoms with van der Waals surface area (Å²) in [7, 11) is 0. The third kappa shape index (κ3) is 4.58. The van der Waals surface area contributed by atoms with E-state index in [0.29, 0.717) is 25.2 Å². The normalized spacial score (nSPS) is 28.7. The quantitative estimate of drug-likeness (QED) is 0.579. The number of benzene rings is 1. The molecule has 1 N–H and O–H groups in total. The number of hydrogen-bond donors (Lipinski definition) is 1. The molecule has 1 aromatic carbocycles. The lowest BCUT2D eigenvalue weighted by Crippen LogP contribution is -2.77. The van der Waals surface area contributed by atoms with Crippen LogP contribution >= 0.6 is 11.6 Å². The van der Waals surface area contributed by atoms with Crippen LogP contribution in [0, 0.1) is 5.82 Å². The van der Waals surface area contributed by atoms with Gasteiger partial charge in [-0.1, -0.05) is 11.6 Å². The first kappa shape index (κ1) is 23.3. The monoisotopic (exact) mass is 504 g/mol. The van der Waals surface area contributed by atoms with Gasteiger partial charge in [0.25, 0.3) is 5.91 Å². The Labute approximate surface area is 196 Å². The minimum Gasteiger partial charge on any atom is -0.484 e. The maximum Gasteiger partial charge on any atom is 0.401 e. The van der Waals surface area contributed by atoms with Crippen LogP contribution in [0.25, 0.3) is 0 Å². The van der Waals surface area contributed by atoms with Crippen LogP contribution in [-0.2, 0) is 14.9 Å². The number of amides is 1. The molecule has 1 amide bonds. The van der Waals surface area contributed by atoms with Gasteiger partial charge in [0.1, 0.15) is 17.7 Å². The third-order valence-electron chi connectivity index (χ3n) is 6.42. The van der Waals surface area contributed by atoms with Gasteiger partial charge >= 0.3 is 6.18 Å². The van der Waals surface area contributed by atoms with Crippen LogP contribution in [0.4, 0.5) is 17.6 Å². The van der Waals surface area contributed by atoms with Gasteiger partial charge in [0.15, 0.2) is 6.61 Å². The van der Waals surface area contributed by atoms with Gasteiger partial charge in [-0.2, -0.15) is 13.2 Å². The first-order valence-electron chi connectivity index (χ1n) is 10.7. The molecular weight excluding hydrogens is 484 g/mol. The molecule has 184 valence electrons. The van der Waals surface area contributed by atoms with Crippen LogP contribution in [-0.4, -0.2) is 65.6 Å². The number of rotatable bonds is 7. The third-order valence-corrected chi connectivity index (χ3v) is 6.73. The largest absolute Gasteiger partial charge is 0.484 e. The Bertz CT molecular complexity index is 1080. The van der Waals surface area contributed by atoms with Gasteiger partial charge in [-0.15, -0.1) is 10.2 Å². The summed E-state index contributed by atoms with van der Waals surface area (Å²) >= 11 is 5.62. The molecule has 4 fully saturated rings. The lowest BCUT2D eigenvalue weighted by atomic mass is 9.39. The first-order chi connectivity index (χ1) is 16.0. The highest BCUT2D eigenvalue weighted by Crippen LogP contribution is 2.67. The molecule has 1 aromatic heterocycles. The summed E-state index contributed by atoms with van der Waals surface area (Å²) in [6, 6.07) is 3.93. The maximum absolute atomic E-state index is 13.5. The van der Waals surface area contributed by atoms with Crippen molar-refractivity contribution in [1.82, 2.24) is 20.4 Å². The zero-order valence-corrected chi connectivity index (χ0v) is 18.6. The average Bonchev–Trinajstić information content (AvgIpc) is 3.19. The van der Waals surface area contributed by atoms with Gasteiger partial charge in [0.05, 0.1) is 23.6 Å². The smallest absolute Gasteiger partial charge is 0.401 e. The molecule has 1 aliphatic heterocycles. The molecule has 0 radical (unpaired) electrons. The Morgan fingerprint density at radius 2 is 2.06 bits per heavy atom. The maximum atomic E-state index is 13.5. The van der Waals surface area contributed by atoms with E-state index in [1.54, 1.807) is 0 Å². The topological polar surface area (TPSA) is 89.7 Å². The Morgan fingerprint density at radius 3 is 2.76 bits per heavy atom. The average molecular weight is 505 g/mol. The standard InChI is InChI=1S/C21H21ClF4N4O4/c22-13-2-1-12(5-14(13)23)33-7-16(31)27-20-8-19(9-20,10-20)18-29-28-17(34-18)15-6-30(3-4-32-15)11-21(24,25)26/h1-2,5,15H,3-4,6-11H2,(H,27,31)/t15-,19?,20?/m1/s1. The molecule has 0 unspecified atom stereocenters. The van der Waals surface area contributed by atoms with Crippen molar-refractivity contribution >= 4 is 17.5 Å². The van der Waals surface area contributed by atoms with Gasteiger partial charge in [0.2, 0.25) is 11.8 Å². The van der Waals surface area contributed by atoms with E-state index in [1.807, 2.05) is 0 Å². The molecule has 0 spiro atoms. The number of carbonyl (C=O) groups excluding carboxylic acids is 1. The predicted octanol–water partition coefficient (Wildman–Crippen LogP) is 3.17. The van der Waals surface area contributed by atoms with Crippen LogP contribution in [0.15, 0.2) is 22.6 Å². The van der Waals surface area contributed by atoms with Crippen molar-refractivity contribution in [1.29, 1.82) is 0 Å². The number of nitrogens with zero attached hydrogens (tertiary/aromatic N) is 3. The summed E-state index contributed by atoms with van der Waals surface area (Å²) in [5.74, 6) is -0.207. The minimum atomic E-state index is -4.29. The van der Waals surface area contributed by atoms with Crippen molar-refractivity contribution in [2.45, 2.75) is 42.5 Å². The number of hydrogen-bond acceptors (Lipinski definition) is 7. The van der Waals surface area contributed by atoms with Crippen molar-refractivity contribution in [3.05, 3.63) is 40.8 Å². The van der Waals surface area contributed by atoms with E-state index < -0.39 is 24.6 Å². The molecule has 6 rings (SSSR count). The molecule has 2 aromatic rings. The molecule has 3 saturated carbocycles. The second-order valence-corrected chi connectivity index (χ2v) is 9.57. The molecule has 4 aliphatic rings. The van der Waals surface area contributed by atoms with Gasteiger partial charge in [-0.3, -0.25) is 9.69 Å². The van der Waals surface area contributed by atoms with E-state index in [2.05, 4.69) is 15.5 Å². The molecule has 8 nitrogen and oxygen atoms in total. The summed E-state index contributed by atoms with van der Waals surface area (Å²) in [5.41, 5.74) is -0.732. The fourth-order valence-corrected chi connectivity index (χ4v) is 5.14. The zero-order chi connectivity index (χ0) is 24.1. The van der Waals surface area contributed by atoms with Crippen molar-refractivity contribution in [2.75, 3.05) is 32.8 Å². The van der Waals surface area contributed by atoms with Crippen LogP contribution < -0.4 is 10.1 Å². The van der Waals surface area contributed by atoms with E-state index in [0.717, 1.165) is 6.07 Å². The number of aromatic nitrogens is 2. The van der Waals surface area contributed by atoms with E-state index in [-0.39, 0.29) is 59.8 Å². The number of morpholine rings is 1. The second-order valence-electron chi connectivity index (χ2n) is 9.16. The number of ether oxygens (including phenoxy) is 2. The summed E-state index contributed by atoms with van der Waals surface area (Å²) in [4.78, 5) is 13.5.